The molecule has 0 heterocycles. The van der Waals surface area contributed by atoms with E-state index >= 15 is 0 Å². The van der Waals surface area contributed by atoms with Gasteiger partial charge >= 0.3 is 0 Å². The van der Waals surface area contributed by atoms with Crippen molar-refractivity contribution < 1.29 is 42.7 Å². The molecule has 222 valence electrons. The minimum absolute atomic E-state index is 0.129. The highest BCUT2D eigenvalue weighted by Crippen LogP contribution is 2.38. The smallest absolute Gasteiger partial charge is 0.203 e. The fourth-order valence-electron chi connectivity index (χ4n) is 4.14. The monoisotopic (exact) mass is 577 g/mol. The lowest BCUT2D eigenvalue weighted by molar-refractivity contribution is -0.113. The van der Waals surface area contributed by atoms with Gasteiger partial charge in [-0.3, -0.25) is 9.59 Å². The first-order valence-corrected chi connectivity index (χ1v) is 12.8. The van der Waals surface area contributed by atoms with E-state index in [-0.39, 0.29) is 18.0 Å². The average molecular weight is 578 g/mol. The third kappa shape index (κ3) is 7.54. The van der Waals surface area contributed by atoms with Gasteiger partial charge in [0.2, 0.25) is 5.75 Å². The zero-order valence-corrected chi connectivity index (χ0v) is 24.7. The molecule has 0 radical (unpaired) electrons. The van der Waals surface area contributed by atoms with Crippen molar-refractivity contribution in [3.05, 3.63) is 77.5 Å². The number of allylic oxidation sites excluding steroid dienone is 2. The molecule has 42 heavy (non-hydrogen) atoms. The third-order valence-electron chi connectivity index (χ3n) is 6.25. The number of ether oxygens (including phenoxy) is 7. The Bertz CT molecular complexity index is 1430. The number of carbonyl (C=O) groups excluding carboxylic acids is 2. The Morgan fingerprint density at radius 2 is 1.26 bits per heavy atom. The Balaban J connectivity index is 1.76. The quantitative estimate of drug-likeness (QED) is 0.187. The van der Waals surface area contributed by atoms with Crippen LogP contribution in [0.1, 0.15) is 21.5 Å². The molecule has 0 atom stereocenters. The highest BCUT2D eigenvalue weighted by atomic mass is 16.5. The number of anilines is 1. The Morgan fingerprint density at radius 1 is 0.667 bits per heavy atom. The number of benzene rings is 3. The van der Waals surface area contributed by atoms with E-state index in [0.717, 1.165) is 5.56 Å². The maximum atomic E-state index is 12.9. The van der Waals surface area contributed by atoms with Crippen molar-refractivity contribution in [2.45, 2.75) is 6.42 Å². The molecule has 0 saturated carbocycles. The van der Waals surface area contributed by atoms with Gasteiger partial charge in [-0.2, -0.15) is 0 Å². The number of rotatable bonds is 15. The third-order valence-corrected chi connectivity index (χ3v) is 6.25. The van der Waals surface area contributed by atoms with Gasteiger partial charge in [0, 0.05) is 36.4 Å². The van der Waals surface area contributed by atoms with E-state index in [1.54, 1.807) is 55.7 Å². The Morgan fingerprint density at radius 3 is 1.79 bits per heavy atom. The molecule has 0 aliphatic rings. The number of carbonyl (C=O) groups is 2. The second kappa shape index (κ2) is 15.0. The largest absolute Gasteiger partial charge is 0.496 e. The van der Waals surface area contributed by atoms with Gasteiger partial charge in [0.15, 0.2) is 23.1 Å². The zero-order chi connectivity index (χ0) is 30.6. The predicted octanol–water partition coefficient (Wildman–Crippen LogP) is 5.38. The van der Waals surface area contributed by atoms with Crippen molar-refractivity contribution in [3.63, 3.8) is 0 Å². The molecule has 0 bridgehead atoms. The van der Waals surface area contributed by atoms with Gasteiger partial charge in [-0.05, 0) is 42.0 Å². The van der Waals surface area contributed by atoms with Crippen LogP contribution in [0.2, 0.25) is 0 Å². The molecular weight excluding hydrogens is 542 g/mol. The summed E-state index contributed by atoms with van der Waals surface area (Å²) in [5, 5.41) is 3.07. The molecule has 0 fully saturated rings. The molecule has 10 heteroatoms. The molecule has 0 aliphatic heterocycles. The predicted molar refractivity (Wildman–Crippen MR) is 160 cm³/mol. The zero-order valence-electron chi connectivity index (χ0n) is 24.7. The Labute approximate surface area is 245 Å². The second-order valence-corrected chi connectivity index (χ2v) is 8.71. The van der Waals surface area contributed by atoms with Crippen LogP contribution in [0.15, 0.2) is 60.8 Å². The fraction of sp³-hybridized carbons (Fsp3) is 0.250. The summed E-state index contributed by atoms with van der Waals surface area (Å²) in [4.78, 5) is 25.7. The molecule has 3 rings (SSSR count). The van der Waals surface area contributed by atoms with E-state index in [2.05, 4.69) is 5.32 Å². The molecule has 0 spiro atoms. The summed E-state index contributed by atoms with van der Waals surface area (Å²) in [6, 6.07) is 11.9. The van der Waals surface area contributed by atoms with Crippen molar-refractivity contribution in [2.24, 2.45) is 0 Å². The summed E-state index contributed by atoms with van der Waals surface area (Å²) in [7, 11) is 10.6. The maximum absolute atomic E-state index is 12.9. The first-order chi connectivity index (χ1) is 20.3. The SMILES string of the molecule is COc1cc(OC)c(/C=C/C(=O)Cc2ccc(OC)c(N/C=C/C(=O)c3cc(OC)c(OC)c(OC)c3)c2)c(OC)c1. The van der Waals surface area contributed by atoms with E-state index in [1.807, 2.05) is 0 Å². The van der Waals surface area contributed by atoms with Crippen LogP contribution < -0.4 is 38.5 Å². The van der Waals surface area contributed by atoms with Crippen molar-refractivity contribution in [2.75, 3.05) is 55.1 Å². The lowest BCUT2D eigenvalue weighted by Gasteiger charge is -2.13. The van der Waals surface area contributed by atoms with Gasteiger partial charge < -0.3 is 38.5 Å². The molecule has 3 aromatic rings. The van der Waals surface area contributed by atoms with Crippen LogP contribution in [-0.2, 0) is 11.2 Å². The highest BCUT2D eigenvalue weighted by molar-refractivity contribution is 6.05. The van der Waals surface area contributed by atoms with Crippen LogP contribution in [0.25, 0.3) is 6.08 Å². The molecule has 0 saturated heterocycles. The Kier molecular flexibility index (Phi) is 11.2. The minimum atomic E-state index is -0.290. The maximum Gasteiger partial charge on any atom is 0.203 e. The van der Waals surface area contributed by atoms with Gasteiger partial charge in [0.25, 0.3) is 0 Å². The number of hydrogen-bond acceptors (Lipinski definition) is 10. The Hall–Kier alpha value is -5.12. The van der Waals surface area contributed by atoms with Crippen LogP contribution in [0.3, 0.4) is 0 Å². The number of ketones is 2. The fourth-order valence-corrected chi connectivity index (χ4v) is 4.14. The number of nitrogens with one attached hydrogen (secondary N) is 1. The molecule has 10 nitrogen and oxygen atoms in total. The molecule has 0 aromatic heterocycles. The van der Waals surface area contributed by atoms with Crippen LogP contribution in [0.4, 0.5) is 5.69 Å². The van der Waals surface area contributed by atoms with Crippen LogP contribution in [-0.4, -0.2) is 61.3 Å². The standard InChI is InChI=1S/C32H35NO9/c1-36-23-18-28(38-3)24(29(19-23)39-4)10-9-22(34)14-20-8-11-27(37-2)25(15-20)33-13-12-26(35)21-16-30(40-5)32(42-7)31(17-21)41-6/h8-13,15-19,33H,14H2,1-7H3/b10-9+,13-12+. The van der Waals surface area contributed by atoms with Gasteiger partial charge in [-0.15, -0.1) is 0 Å². The van der Waals surface area contributed by atoms with Gasteiger partial charge in [0.1, 0.15) is 23.0 Å². The molecule has 0 amide bonds. The minimum Gasteiger partial charge on any atom is -0.496 e. The lowest BCUT2D eigenvalue weighted by atomic mass is 10.1. The summed E-state index contributed by atoms with van der Waals surface area (Å²) >= 11 is 0. The van der Waals surface area contributed by atoms with Gasteiger partial charge in [0.05, 0.1) is 61.0 Å². The molecular formula is C32H35NO9. The van der Waals surface area contributed by atoms with E-state index in [1.165, 1.54) is 61.0 Å². The van der Waals surface area contributed by atoms with Crippen LogP contribution in [0, 0.1) is 0 Å². The first kappa shape index (κ1) is 31.4. The molecule has 3 aromatic carbocycles. The summed E-state index contributed by atoms with van der Waals surface area (Å²) in [5.74, 6) is 2.85. The van der Waals surface area contributed by atoms with E-state index in [9.17, 15) is 9.59 Å². The normalized spacial score (nSPS) is 10.8. The van der Waals surface area contributed by atoms with E-state index in [0.29, 0.717) is 57.1 Å². The van der Waals surface area contributed by atoms with Crippen LogP contribution >= 0.6 is 0 Å². The number of methoxy groups -OCH3 is 7. The topological polar surface area (TPSA) is 111 Å². The summed E-state index contributed by atoms with van der Waals surface area (Å²) < 4.78 is 37.6. The first-order valence-electron chi connectivity index (χ1n) is 12.8. The molecule has 0 unspecified atom stereocenters. The summed E-state index contributed by atoms with van der Waals surface area (Å²) in [5.41, 5.74) is 2.30. The van der Waals surface area contributed by atoms with Crippen molar-refractivity contribution in [3.8, 4) is 40.2 Å². The summed E-state index contributed by atoms with van der Waals surface area (Å²) in [6.07, 6.45) is 6.12. The number of hydrogen-bond donors (Lipinski definition) is 1. The van der Waals surface area contributed by atoms with E-state index < -0.39 is 0 Å². The van der Waals surface area contributed by atoms with Crippen molar-refractivity contribution >= 4 is 23.3 Å². The highest BCUT2D eigenvalue weighted by Gasteiger charge is 2.16. The summed E-state index contributed by atoms with van der Waals surface area (Å²) in [6.45, 7) is 0. The average Bonchev–Trinajstić information content (AvgIpc) is 3.02. The molecule has 0 aliphatic carbocycles. The second-order valence-electron chi connectivity index (χ2n) is 8.71. The van der Waals surface area contributed by atoms with Crippen LogP contribution in [0.5, 0.6) is 40.2 Å². The van der Waals surface area contributed by atoms with E-state index in [4.69, 9.17) is 33.2 Å². The van der Waals surface area contributed by atoms with Crippen molar-refractivity contribution in [1.82, 2.24) is 0 Å². The lowest BCUT2D eigenvalue weighted by Crippen LogP contribution is -2.02. The molecule has 1 N–H and O–H groups in total. The van der Waals surface area contributed by atoms with Gasteiger partial charge in [-0.1, -0.05) is 6.07 Å². The van der Waals surface area contributed by atoms with Gasteiger partial charge in [-0.25, -0.2) is 0 Å². The van der Waals surface area contributed by atoms with Crippen molar-refractivity contribution in [1.29, 1.82) is 0 Å².